The molecule has 0 aromatic heterocycles. The lowest BCUT2D eigenvalue weighted by Gasteiger charge is -2.14. The van der Waals surface area contributed by atoms with Gasteiger partial charge in [-0.2, -0.15) is 0 Å². The van der Waals surface area contributed by atoms with Crippen molar-refractivity contribution < 1.29 is 9.47 Å². The van der Waals surface area contributed by atoms with Crippen molar-refractivity contribution in [2.45, 2.75) is 26.4 Å². The average molecular weight is 285 g/mol. The summed E-state index contributed by atoms with van der Waals surface area (Å²) >= 11 is 0. The second kappa shape index (κ2) is 7.14. The normalized spacial score (nSPS) is 10.7. The number of benzene rings is 2. The molecule has 0 amide bonds. The minimum absolute atomic E-state index is 0.472. The van der Waals surface area contributed by atoms with E-state index in [1.165, 1.54) is 5.56 Å². The van der Waals surface area contributed by atoms with Crippen molar-refractivity contribution in [3.63, 3.8) is 0 Å². The first-order valence-electron chi connectivity index (χ1n) is 7.19. The smallest absolute Gasteiger partial charge is 0.168 e. The molecule has 0 saturated heterocycles. The van der Waals surface area contributed by atoms with Crippen LogP contribution >= 0.6 is 0 Å². The van der Waals surface area contributed by atoms with Gasteiger partial charge in [0.2, 0.25) is 0 Å². The molecule has 0 aliphatic carbocycles. The molecule has 0 unspecified atom stereocenters. The Morgan fingerprint density at radius 1 is 1.00 bits per heavy atom. The molecule has 0 spiro atoms. The van der Waals surface area contributed by atoms with Gasteiger partial charge in [-0.25, -0.2) is 0 Å². The van der Waals surface area contributed by atoms with Crippen LogP contribution in [0.4, 0.5) is 0 Å². The molecule has 0 heterocycles. The van der Waals surface area contributed by atoms with Crippen LogP contribution in [0.25, 0.3) is 11.1 Å². The molecule has 0 aliphatic heterocycles. The zero-order valence-corrected chi connectivity index (χ0v) is 13.1. The molecule has 0 saturated carbocycles. The predicted molar refractivity (Wildman–Crippen MR) is 87.0 cm³/mol. The van der Waals surface area contributed by atoms with Gasteiger partial charge < -0.3 is 14.8 Å². The third kappa shape index (κ3) is 3.76. The molecule has 2 rings (SSSR count). The van der Waals surface area contributed by atoms with E-state index in [0.29, 0.717) is 6.04 Å². The molecule has 2 aromatic rings. The van der Waals surface area contributed by atoms with Crippen LogP contribution in [-0.2, 0) is 6.54 Å². The van der Waals surface area contributed by atoms with Crippen molar-refractivity contribution in [2.24, 2.45) is 0 Å². The Labute approximate surface area is 126 Å². The second-order valence-electron chi connectivity index (χ2n) is 5.28. The van der Waals surface area contributed by atoms with Gasteiger partial charge in [0.25, 0.3) is 0 Å². The van der Waals surface area contributed by atoms with Crippen LogP contribution in [0.1, 0.15) is 19.4 Å². The van der Waals surface area contributed by atoms with Crippen LogP contribution in [0, 0.1) is 0 Å². The summed E-state index contributed by atoms with van der Waals surface area (Å²) in [4.78, 5) is 0. The molecule has 3 heteroatoms. The fraction of sp³-hybridized carbons (Fsp3) is 0.333. The first-order chi connectivity index (χ1) is 10.2. The SMILES string of the molecule is COc1cccc(-c2cccc(CNC(C)C)c2)c1OC. The van der Waals surface area contributed by atoms with Crippen LogP contribution < -0.4 is 14.8 Å². The molecule has 21 heavy (non-hydrogen) atoms. The van der Waals surface area contributed by atoms with Gasteiger partial charge in [0.15, 0.2) is 11.5 Å². The molecule has 2 aromatic carbocycles. The van der Waals surface area contributed by atoms with Crippen LogP contribution in [0.2, 0.25) is 0 Å². The molecular formula is C18H23NO2. The summed E-state index contributed by atoms with van der Waals surface area (Å²) in [5.74, 6) is 1.52. The van der Waals surface area contributed by atoms with Crippen LogP contribution in [-0.4, -0.2) is 20.3 Å². The fourth-order valence-corrected chi connectivity index (χ4v) is 2.29. The van der Waals surface area contributed by atoms with Gasteiger partial charge in [0.05, 0.1) is 14.2 Å². The molecule has 0 radical (unpaired) electrons. The van der Waals surface area contributed by atoms with E-state index in [9.17, 15) is 0 Å². The van der Waals surface area contributed by atoms with E-state index in [0.717, 1.165) is 29.2 Å². The zero-order valence-electron chi connectivity index (χ0n) is 13.1. The maximum Gasteiger partial charge on any atom is 0.168 e. The number of nitrogens with one attached hydrogen (secondary N) is 1. The first-order valence-corrected chi connectivity index (χ1v) is 7.19. The Kier molecular flexibility index (Phi) is 5.23. The summed E-state index contributed by atoms with van der Waals surface area (Å²) in [6, 6.07) is 14.9. The average Bonchev–Trinajstić information content (AvgIpc) is 2.52. The van der Waals surface area contributed by atoms with Gasteiger partial charge in [-0.3, -0.25) is 0 Å². The fourth-order valence-electron chi connectivity index (χ4n) is 2.29. The highest BCUT2D eigenvalue weighted by atomic mass is 16.5. The van der Waals surface area contributed by atoms with Gasteiger partial charge in [-0.15, -0.1) is 0 Å². The largest absolute Gasteiger partial charge is 0.493 e. The summed E-state index contributed by atoms with van der Waals surface area (Å²) in [6.07, 6.45) is 0. The summed E-state index contributed by atoms with van der Waals surface area (Å²) < 4.78 is 10.9. The Bertz CT molecular complexity index is 594. The van der Waals surface area contributed by atoms with Crippen molar-refractivity contribution in [3.8, 4) is 22.6 Å². The van der Waals surface area contributed by atoms with Crippen molar-refractivity contribution in [1.29, 1.82) is 0 Å². The molecule has 3 nitrogen and oxygen atoms in total. The highest BCUT2D eigenvalue weighted by molar-refractivity contribution is 5.74. The van der Waals surface area contributed by atoms with Gasteiger partial charge >= 0.3 is 0 Å². The summed E-state index contributed by atoms with van der Waals surface area (Å²) in [6.45, 7) is 5.15. The number of ether oxygens (including phenoxy) is 2. The maximum atomic E-state index is 5.52. The van der Waals surface area contributed by atoms with Gasteiger partial charge in [-0.05, 0) is 23.3 Å². The molecular weight excluding hydrogens is 262 g/mol. The predicted octanol–water partition coefficient (Wildman–Crippen LogP) is 3.87. The minimum atomic E-state index is 0.472. The molecule has 0 aliphatic rings. The summed E-state index contributed by atoms with van der Waals surface area (Å²) in [7, 11) is 3.33. The van der Waals surface area contributed by atoms with Crippen molar-refractivity contribution in [1.82, 2.24) is 5.32 Å². The third-order valence-corrected chi connectivity index (χ3v) is 3.36. The number of methoxy groups -OCH3 is 2. The second-order valence-corrected chi connectivity index (χ2v) is 5.28. The van der Waals surface area contributed by atoms with Crippen molar-refractivity contribution >= 4 is 0 Å². The van der Waals surface area contributed by atoms with Gasteiger partial charge in [-0.1, -0.05) is 44.2 Å². The third-order valence-electron chi connectivity index (χ3n) is 3.36. The minimum Gasteiger partial charge on any atom is -0.493 e. The Hall–Kier alpha value is -2.00. The van der Waals surface area contributed by atoms with Crippen LogP contribution in [0.15, 0.2) is 42.5 Å². The topological polar surface area (TPSA) is 30.5 Å². The Balaban J connectivity index is 2.36. The lowest BCUT2D eigenvalue weighted by molar-refractivity contribution is 0.356. The van der Waals surface area contributed by atoms with E-state index >= 15 is 0 Å². The summed E-state index contributed by atoms with van der Waals surface area (Å²) in [5, 5.41) is 3.44. The molecule has 0 atom stereocenters. The van der Waals surface area contributed by atoms with Crippen molar-refractivity contribution in [2.75, 3.05) is 14.2 Å². The first kappa shape index (κ1) is 15.4. The van der Waals surface area contributed by atoms with Crippen molar-refractivity contribution in [3.05, 3.63) is 48.0 Å². The van der Waals surface area contributed by atoms with E-state index < -0.39 is 0 Å². The number of para-hydroxylation sites is 1. The van der Waals surface area contributed by atoms with Gasteiger partial charge in [0, 0.05) is 18.2 Å². The molecule has 0 bridgehead atoms. The highest BCUT2D eigenvalue weighted by Crippen LogP contribution is 2.37. The molecule has 112 valence electrons. The number of rotatable bonds is 6. The zero-order chi connectivity index (χ0) is 15.2. The molecule has 1 N–H and O–H groups in total. The molecule has 0 fully saturated rings. The lowest BCUT2D eigenvalue weighted by atomic mass is 10.0. The summed E-state index contributed by atoms with van der Waals surface area (Å²) in [5.41, 5.74) is 3.43. The lowest BCUT2D eigenvalue weighted by Crippen LogP contribution is -2.21. The maximum absolute atomic E-state index is 5.52. The standard InChI is InChI=1S/C18H23NO2/c1-13(2)19-12-14-7-5-8-15(11-14)16-9-6-10-17(20-3)18(16)21-4/h5-11,13,19H,12H2,1-4H3. The number of hydrogen-bond acceptors (Lipinski definition) is 3. The van der Waals surface area contributed by atoms with E-state index in [4.69, 9.17) is 9.47 Å². The van der Waals surface area contributed by atoms with Crippen LogP contribution in [0.3, 0.4) is 0 Å². The van der Waals surface area contributed by atoms with E-state index in [2.05, 4.69) is 49.5 Å². The number of hydrogen-bond donors (Lipinski definition) is 1. The Morgan fingerprint density at radius 3 is 2.43 bits per heavy atom. The van der Waals surface area contributed by atoms with E-state index in [-0.39, 0.29) is 0 Å². The van der Waals surface area contributed by atoms with E-state index in [1.54, 1.807) is 14.2 Å². The van der Waals surface area contributed by atoms with E-state index in [1.807, 2.05) is 12.1 Å². The highest BCUT2D eigenvalue weighted by Gasteiger charge is 2.11. The van der Waals surface area contributed by atoms with Crippen LogP contribution in [0.5, 0.6) is 11.5 Å². The quantitative estimate of drug-likeness (QED) is 0.874. The Morgan fingerprint density at radius 2 is 1.76 bits per heavy atom. The van der Waals surface area contributed by atoms with Gasteiger partial charge in [0.1, 0.15) is 0 Å². The monoisotopic (exact) mass is 285 g/mol.